The smallest absolute Gasteiger partial charge is 0.124 e. The average molecular weight is 691 g/mol. The van der Waals surface area contributed by atoms with Gasteiger partial charge in [-0.15, -0.1) is 22.7 Å². The van der Waals surface area contributed by atoms with Gasteiger partial charge in [0.15, 0.2) is 0 Å². The van der Waals surface area contributed by atoms with Crippen molar-refractivity contribution in [2.75, 3.05) is 0 Å². The van der Waals surface area contributed by atoms with Crippen molar-refractivity contribution >= 4 is 54.9 Å². The highest BCUT2D eigenvalue weighted by atomic mass is 32.2. The lowest BCUT2D eigenvalue weighted by Gasteiger charge is -2.39. The zero-order valence-electron chi connectivity index (χ0n) is 26.6. The summed E-state index contributed by atoms with van der Waals surface area (Å²) in [5, 5.41) is 2.04. The van der Waals surface area contributed by atoms with Gasteiger partial charge in [0.1, 0.15) is 10.0 Å². The Morgan fingerprint density at radius 3 is 1.50 bits per heavy atom. The summed E-state index contributed by atoms with van der Waals surface area (Å²) in [7, 11) is 0. The second kappa shape index (κ2) is 10.8. The van der Waals surface area contributed by atoms with Crippen LogP contribution in [0.5, 0.6) is 0 Å². The lowest BCUT2D eigenvalue weighted by molar-refractivity contribution is 0.722. The third-order valence-electron chi connectivity index (χ3n) is 10.2. The molecular weight excluding hydrogens is 665 g/mol. The molecule has 1 spiro atoms. The second-order valence-corrected chi connectivity index (χ2v) is 16.1. The number of hydrogen-bond acceptors (Lipinski definition) is 5. The van der Waals surface area contributed by atoms with Crippen LogP contribution >= 0.6 is 34.4 Å². The lowest BCUT2D eigenvalue weighted by Crippen LogP contribution is -2.31. The summed E-state index contributed by atoms with van der Waals surface area (Å²) in [6.45, 7) is 0. The SMILES string of the molecule is c1ccc2c(c1)Sc1ccccc1C21c2ccccc2-c2cc(-c3cc(-c4nc5ccccc5s4)cc(-c4nc5ccccc5s4)c3)ccc21. The van der Waals surface area contributed by atoms with Crippen molar-refractivity contribution < 1.29 is 0 Å². The van der Waals surface area contributed by atoms with Crippen LogP contribution in [0, 0.1) is 0 Å². The molecule has 9 aromatic rings. The Morgan fingerprint density at radius 2 is 0.880 bits per heavy atom. The number of para-hydroxylation sites is 2. The van der Waals surface area contributed by atoms with Gasteiger partial charge in [0.2, 0.25) is 0 Å². The minimum atomic E-state index is -0.377. The molecule has 234 valence electrons. The molecule has 0 fully saturated rings. The normalized spacial score (nSPS) is 13.7. The van der Waals surface area contributed by atoms with E-state index in [0.717, 1.165) is 37.7 Å². The van der Waals surface area contributed by atoms with Crippen LogP contribution in [-0.4, -0.2) is 9.97 Å². The highest BCUT2D eigenvalue weighted by Crippen LogP contribution is 2.62. The third kappa shape index (κ3) is 4.09. The molecule has 11 rings (SSSR count). The van der Waals surface area contributed by atoms with E-state index >= 15 is 0 Å². The van der Waals surface area contributed by atoms with Crippen LogP contribution in [0.25, 0.3) is 63.8 Å². The van der Waals surface area contributed by atoms with Gasteiger partial charge in [-0.3, -0.25) is 0 Å². The van der Waals surface area contributed by atoms with Gasteiger partial charge in [-0.05, 0) is 105 Å². The first kappa shape index (κ1) is 28.5. The number of rotatable bonds is 3. The molecule has 1 aliphatic carbocycles. The quantitative estimate of drug-likeness (QED) is 0.185. The monoisotopic (exact) mass is 690 g/mol. The topological polar surface area (TPSA) is 25.8 Å². The van der Waals surface area contributed by atoms with Crippen LogP contribution in [0.15, 0.2) is 168 Å². The maximum absolute atomic E-state index is 5.08. The molecule has 0 amide bonds. The Labute approximate surface area is 301 Å². The van der Waals surface area contributed by atoms with E-state index in [1.807, 2.05) is 11.8 Å². The van der Waals surface area contributed by atoms with Crippen LogP contribution in [0.3, 0.4) is 0 Å². The lowest BCUT2D eigenvalue weighted by atomic mass is 9.67. The number of fused-ring (bicyclic) bond motifs is 11. The molecule has 2 nitrogen and oxygen atoms in total. The van der Waals surface area contributed by atoms with Crippen LogP contribution < -0.4 is 0 Å². The minimum Gasteiger partial charge on any atom is -0.236 e. The van der Waals surface area contributed by atoms with Gasteiger partial charge in [0, 0.05) is 20.9 Å². The maximum Gasteiger partial charge on any atom is 0.124 e. The van der Waals surface area contributed by atoms with Crippen molar-refractivity contribution in [2.45, 2.75) is 15.2 Å². The predicted octanol–water partition coefficient (Wildman–Crippen LogP) is 12.7. The Hall–Kier alpha value is -5.33. The van der Waals surface area contributed by atoms with Crippen LogP contribution in [-0.2, 0) is 5.41 Å². The predicted molar refractivity (Wildman–Crippen MR) is 211 cm³/mol. The van der Waals surface area contributed by atoms with E-state index in [-0.39, 0.29) is 5.41 Å². The van der Waals surface area contributed by atoms with E-state index in [2.05, 4.69) is 158 Å². The van der Waals surface area contributed by atoms with Crippen LogP contribution in [0.1, 0.15) is 22.3 Å². The molecule has 5 heteroatoms. The maximum atomic E-state index is 5.08. The van der Waals surface area contributed by atoms with Gasteiger partial charge in [0.25, 0.3) is 0 Å². The zero-order chi connectivity index (χ0) is 32.8. The van der Waals surface area contributed by atoms with E-state index in [0.29, 0.717) is 0 Å². The van der Waals surface area contributed by atoms with Gasteiger partial charge in [-0.25, -0.2) is 9.97 Å². The number of benzene rings is 7. The fraction of sp³-hybridized carbons (Fsp3) is 0.0222. The number of nitrogens with zero attached hydrogens (tertiary/aromatic N) is 2. The summed E-state index contributed by atoms with van der Waals surface area (Å²) in [5.74, 6) is 0. The second-order valence-electron chi connectivity index (χ2n) is 12.9. The van der Waals surface area contributed by atoms with E-state index in [4.69, 9.17) is 9.97 Å². The Morgan fingerprint density at radius 1 is 0.380 bits per heavy atom. The summed E-state index contributed by atoms with van der Waals surface area (Å²) in [6.07, 6.45) is 0. The highest BCUT2D eigenvalue weighted by molar-refractivity contribution is 7.99. The molecular formula is C45H26N2S3. The van der Waals surface area contributed by atoms with Gasteiger partial charge in [-0.2, -0.15) is 0 Å². The standard InChI is InChI=1S/C45H26N2S3/c1-2-12-33-31(11-1)32-26-27(21-22-34(32)45(33)35-13-3-7-17-39(35)48-40-18-8-4-14-36(40)45)28-23-29(43-46-37-15-5-9-19-41(37)49-43)25-30(24-28)44-47-38-16-6-10-20-42(38)50-44/h1-26H. The molecule has 0 atom stereocenters. The molecule has 0 saturated heterocycles. The van der Waals surface area contributed by atoms with Crippen molar-refractivity contribution in [3.8, 4) is 43.4 Å². The van der Waals surface area contributed by atoms with Crippen molar-refractivity contribution in [3.05, 3.63) is 180 Å². The molecule has 2 aliphatic rings. The molecule has 0 unspecified atom stereocenters. The summed E-state index contributed by atoms with van der Waals surface area (Å²) in [6, 6.07) is 57.9. The van der Waals surface area contributed by atoms with E-state index in [1.165, 1.54) is 58.1 Å². The molecule has 7 aromatic carbocycles. The van der Waals surface area contributed by atoms with Crippen molar-refractivity contribution in [3.63, 3.8) is 0 Å². The molecule has 3 heterocycles. The summed E-state index contributed by atoms with van der Waals surface area (Å²) in [5.41, 5.74) is 14.3. The first-order valence-electron chi connectivity index (χ1n) is 16.7. The number of thiazole rings is 2. The summed E-state index contributed by atoms with van der Waals surface area (Å²) in [4.78, 5) is 12.8. The Kier molecular flexibility index (Phi) is 6.18. The number of hydrogen-bond donors (Lipinski definition) is 0. The molecule has 0 N–H and O–H groups in total. The number of aromatic nitrogens is 2. The van der Waals surface area contributed by atoms with E-state index in [9.17, 15) is 0 Å². The molecule has 0 radical (unpaired) electrons. The minimum absolute atomic E-state index is 0.377. The molecule has 0 bridgehead atoms. The molecule has 1 aliphatic heterocycles. The average Bonchev–Trinajstić information content (AvgIpc) is 3.89. The zero-order valence-corrected chi connectivity index (χ0v) is 29.1. The third-order valence-corrected chi connectivity index (χ3v) is 13.5. The molecule has 50 heavy (non-hydrogen) atoms. The van der Waals surface area contributed by atoms with Crippen molar-refractivity contribution in [2.24, 2.45) is 0 Å². The van der Waals surface area contributed by atoms with Crippen LogP contribution in [0.2, 0.25) is 0 Å². The Balaban J connectivity index is 1.15. The Bertz CT molecular complexity index is 2620. The van der Waals surface area contributed by atoms with Gasteiger partial charge in [0.05, 0.1) is 25.8 Å². The van der Waals surface area contributed by atoms with Gasteiger partial charge < -0.3 is 0 Å². The fourth-order valence-corrected chi connectivity index (χ4v) is 11.2. The van der Waals surface area contributed by atoms with Crippen molar-refractivity contribution in [1.29, 1.82) is 0 Å². The summed E-state index contributed by atoms with van der Waals surface area (Å²) < 4.78 is 2.39. The molecule has 2 aromatic heterocycles. The van der Waals surface area contributed by atoms with Gasteiger partial charge in [-0.1, -0.05) is 109 Å². The van der Waals surface area contributed by atoms with E-state index < -0.39 is 0 Å². The van der Waals surface area contributed by atoms with Gasteiger partial charge >= 0.3 is 0 Å². The first-order chi connectivity index (χ1) is 24.7. The van der Waals surface area contributed by atoms with E-state index in [1.54, 1.807) is 22.7 Å². The van der Waals surface area contributed by atoms with Crippen molar-refractivity contribution in [1.82, 2.24) is 9.97 Å². The molecule has 0 saturated carbocycles. The summed E-state index contributed by atoms with van der Waals surface area (Å²) >= 11 is 5.38. The highest BCUT2D eigenvalue weighted by Gasteiger charge is 2.50. The largest absolute Gasteiger partial charge is 0.236 e. The van der Waals surface area contributed by atoms with Crippen LogP contribution in [0.4, 0.5) is 0 Å². The fourth-order valence-electron chi connectivity index (χ4n) is 8.07. The first-order valence-corrected chi connectivity index (χ1v) is 19.2.